The molecule has 3 atom stereocenters. The Hall–Kier alpha value is -0.290. The van der Waals surface area contributed by atoms with Gasteiger partial charge in [-0.3, -0.25) is 0 Å². The minimum atomic E-state index is 0.687. The van der Waals surface area contributed by atoms with Crippen LogP contribution in [-0.4, -0.2) is 30.6 Å². The van der Waals surface area contributed by atoms with Gasteiger partial charge in [0.1, 0.15) is 0 Å². The second-order valence-corrected chi connectivity index (χ2v) is 6.52. The molecular weight excluding hydrogens is 323 g/mol. The molecule has 0 amide bonds. The monoisotopic (exact) mass is 342 g/mol. The SMILES string of the molecule is Cc1ccc(NC2CCN3CCC2C3)cc1I. The van der Waals surface area contributed by atoms with E-state index in [1.165, 1.54) is 47.3 Å². The van der Waals surface area contributed by atoms with Gasteiger partial charge in [-0.15, -0.1) is 0 Å². The average molecular weight is 342 g/mol. The molecule has 2 heterocycles. The fraction of sp³-hybridized carbons (Fsp3) is 0.571. The Kier molecular flexibility index (Phi) is 3.30. The molecule has 2 aliphatic heterocycles. The van der Waals surface area contributed by atoms with Crippen molar-refractivity contribution in [3.05, 3.63) is 27.3 Å². The second-order valence-electron chi connectivity index (χ2n) is 5.35. The molecule has 3 heteroatoms. The van der Waals surface area contributed by atoms with Crippen LogP contribution in [-0.2, 0) is 0 Å². The van der Waals surface area contributed by atoms with Crippen LogP contribution < -0.4 is 5.32 Å². The van der Waals surface area contributed by atoms with Crippen molar-refractivity contribution in [1.82, 2.24) is 4.90 Å². The number of fused-ring (bicyclic) bond motifs is 2. The Balaban J connectivity index is 1.71. The fourth-order valence-corrected chi connectivity index (χ4v) is 3.55. The summed E-state index contributed by atoms with van der Waals surface area (Å²) >= 11 is 2.42. The molecule has 0 saturated carbocycles. The standard InChI is InChI=1S/C14H19IN2/c1-10-2-3-12(8-13(10)15)16-14-5-7-17-6-4-11(14)9-17/h2-3,8,11,14,16H,4-7,9H2,1H3. The zero-order valence-electron chi connectivity index (χ0n) is 10.2. The fourth-order valence-electron chi connectivity index (χ4n) is 3.04. The van der Waals surface area contributed by atoms with Crippen molar-refractivity contribution in [2.24, 2.45) is 5.92 Å². The highest BCUT2D eigenvalue weighted by atomic mass is 127. The topological polar surface area (TPSA) is 15.3 Å². The third-order valence-electron chi connectivity index (χ3n) is 4.16. The van der Waals surface area contributed by atoms with Crippen molar-refractivity contribution in [3.8, 4) is 0 Å². The summed E-state index contributed by atoms with van der Waals surface area (Å²) in [6.45, 7) is 6.06. The summed E-state index contributed by atoms with van der Waals surface area (Å²) in [5.41, 5.74) is 2.66. The lowest BCUT2D eigenvalue weighted by Crippen LogP contribution is -2.39. The molecule has 2 nitrogen and oxygen atoms in total. The minimum Gasteiger partial charge on any atom is -0.382 e. The zero-order valence-corrected chi connectivity index (χ0v) is 12.4. The first-order valence-corrected chi connectivity index (χ1v) is 7.55. The number of hydrogen-bond acceptors (Lipinski definition) is 2. The number of nitrogens with zero attached hydrogens (tertiary/aromatic N) is 1. The van der Waals surface area contributed by atoms with Gasteiger partial charge in [-0.2, -0.15) is 0 Å². The number of hydrogen-bond donors (Lipinski definition) is 1. The molecule has 1 aromatic carbocycles. The van der Waals surface area contributed by atoms with Gasteiger partial charge in [0, 0.05) is 28.4 Å². The van der Waals surface area contributed by atoms with E-state index in [-0.39, 0.29) is 0 Å². The highest BCUT2D eigenvalue weighted by Gasteiger charge is 2.33. The first kappa shape index (κ1) is 11.8. The normalized spacial score (nSPS) is 31.5. The minimum absolute atomic E-state index is 0.687. The highest BCUT2D eigenvalue weighted by Crippen LogP contribution is 2.30. The summed E-state index contributed by atoms with van der Waals surface area (Å²) in [6.07, 6.45) is 2.68. The third-order valence-corrected chi connectivity index (χ3v) is 5.32. The number of aryl methyl sites for hydroxylation is 1. The van der Waals surface area contributed by atoms with Gasteiger partial charge in [-0.25, -0.2) is 0 Å². The molecule has 17 heavy (non-hydrogen) atoms. The summed E-state index contributed by atoms with van der Waals surface area (Å²) in [6, 6.07) is 7.40. The Morgan fingerprint density at radius 3 is 2.94 bits per heavy atom. The summed E-state index contributed by atoms with van der Waals surface area (Å²) in [5, 5.41) is 3.75. The molecule has 2 aliphatic rings. The van der Waals surface area contributed by atoms with Crippen molar-refractivity contribution in [2.45, 2.75) is 25.8 Å². The number of nitrogens with one attached hydrogen (secondary N) is 1. The Labute approximate surface area is 117 Å². The van der Waals surface area contributed by atoms with Crippen LogP contribution >= 0.6 is 22.6 Å². The first-order valence-electron chi connectivity index (χ1n) is 6.47. The summed E-state index contributed by atoms with van der Waals surface area (Å²) in [4.78, 5) is 2.60. The Morgan fingerprint density at radius 2 is 2.12 bits per heavy atom. The Morgan fingerprint density at radius 1 is 1.29 bits per heavy atom. The second kappa shape index (κ2) is 4.76. The number of rotatable bonds is 2. The predicted molar refractivity (Wildman–Crippen MR) is 80.5 cm³/mol. The number of anilines is 1. The molecule has 3 unspecified atom stereocenters. The third kappa shape index (κ3) is 2.45. The van der Waals surface area contributed by atoms with Gasteiger partial charge in [-0.1, -0.05) is 6.07 Å². The van der Waals surface area contributed by atoms with E-state index in [2.05, 4.69) is 57.9 Å². The van der Waals surface area contributed by atoms with E-state index in [1.54, 1.807) is 0 Å². The van der Waals surface area contributed by atoms with Crippen LogP contribution in [0, 0.1) is 16.4 Å². The van der Waals surface area contributed by atoms with Gasteiger partial charge < -0.3 is 10.2 Å². The molecule has 1 aromatic rings. The van der Waals surface area contributed by atoms with E-state index in [1.807, 2.05) is 0 Å². The predicted octanol–water partition coefficient (Wildman–Crippen LogP) is 3.11. The molecule has 2 saturated heterocycles. The largest absolute Gasteiger partial charge is 0.382 e. The lowest BCUT2D eigenvalue weighted by Gasteiger charge is -2.31. The van der Waals surface area contributed by atoms with Crippen molar-refractivity contribution < 1.29 is 0 Å². The van der Waals surface area contributed by atoms with Crippen LogP contribution in [0.3, 0.4) is 0 Å². The van der Waals surface area contributed by atoms with Gasteiger partial charge in [0.15, 0.2) is 0 Å². The molecule has 2 bridgehead atoms. The van der Waals surface area contributed by atoms with Gasteiger partial charge in [0.05, 0.1) is 0 Å². The quantitative estimate of drug-likeness (QED) is 0.831. The molecule has 0 spiro atoms. The molecule has 0 radical (unpaired) electrons. The van der Waals surface area contributed by atoms with E-state index in [4.69, 9.17) is 0 Å². The van der Waals surface area contributed by atoms with E-state index < -0.39 is 0 Å². The van der Waals surface area contributed by atoms with Crippen molar-refractivity contribution in [2.75, 3.05) is 25.0 Å². The smallest absolute Gasteiger partial charge is 0.0353 e. The van der Waals surface area contributed by atoms with Gasteiger partial charge in [0.25, 0.3) is 0 Å². The number of benzene rings is 1. The van der Waals surface area contributed by atoms with Crippen LogP contribution in [0.15, 0.2) is 18.2 Å². The van der Waals surface area contributed by atoms with E-state index in [0.29, 0.717) is 6.04 Å². The first-order chi connectivity index (χ1) is 8.22. The van der Waals surface area contributed by atoms with E-state index >= 15 is 0 Å². The van der Waals surface area contributed by atoms with Crippen LogP contribution in [0.25, 0.3) is 0 Å². The van der Waals surface area contributed by atoms with Gasteiger partial charge in [0.2, 0.25) is 0 Å². The number of piperidine rings is 1. The lowest BCUT2D eigenvalue weighted by molar-refractivity contribution is 0.255. The maximum absolute atomic E-state index is 3.75. The van der Waals surface area contributed by atoms with E-state index in [0.717, 1.165) is 5.92 Å². The van der Waals surface area contributed by atoms with Gasteiger partial charge >= 0.3 is 0 Å². The van der Waals surface area contributed by atoms with Crippen LogP contribution in [0.4, 0.5) is 5.69 Å². The highest BCUT2D eigenvalue weighted by molar-refractivity contribution is 14.1. The van der Waals surface area contributed by atoms with Crippen molar-refractivity contribution >= 4 is 28.3 Å². The molecule has 92 valence electrons. The molecule has 1 N–H and O–H groups in total. The maximum atomic E-state index is 3.75. The van der Waals surface area contributed by atoms with Gasteiger partial charge in [-0.05, 0) is 72.5 Å². The van der Waals surface area contributed by atoms with Crippen molar-refractivity contribution in [3.63, 3.8) is 0 Å². The van der Waals surface area contributed by atoms with Crippen LogP contribution in [0.2, 0.25) is 0 Å². The molecule has 3 rings (SSSR count). The van der Waals surface area contributed by atoms with Crippen LogP contribution in [0.1, 0.15) is 18.4 Å². The summed E-state index contributed by atoms with van der Waals surface area (Å²) in [7, 11) is 0. The summed E-state index contributed by atoms with van der Waals surface area (Å²) in [5.74, 6) is 0.864. The summed E-state index contributed by atoms with van der Waals surface area (Å²) < 4.78 is 1.36. The Bertz CT molecular complexity index is 419. The lowest BCUT2D eigenvalue weighted by atomic mass is 9.94. The molecular formula is C14H19IN2. The zero-order chi connectivity index (χ0) is 11.8. The van der Waals surface area contributed by atoms with E-state index in [9.17, 15) is 0 Å². The average Bonchev–Trinajstić information content (AvgIpc) is 2.71. The number of halogens is 1. The molecule has 2 fully saturated rings. The molecule has 0 aliphatic carbocycles. The maximum Gasteiger partial charge on any atom is 0.0353 e. The molecule has 0 aromatic heterocycles. The van der Waals surface area contributed by atoms with Crippen molar-refractivity contribution in [1.29, 1.82) is 0 Å². The van der Waals surface area contributed by atoms with Crippen LogP contribution in [0.5, 0.6) is 0 Å².